The Hall–Kier alpha value is -3.24. The number of nitriles is 1. The van der Waals surface area contributed by atoms with E-state index in [1.54, 1.807) is 30.3 Å². The van der Waals surface area contributed by atoms with Gasteiger partial charge in [-0.3, -0.25) is 14.9 Å². The van der Waals surface area contributed by atoms with Crippen molar-refractivity contribution in [1.82, 2.24) is 0 Å². The van der Waals surface area contributed by atoms with Gasteiger partial charge in [-0.05, 0) is 29.8 Å². The molecule has 0 radical (unpaired) electrons. The molecule has 0 saturated heterocycles. The molecule has 1 N–H and O–H groups in total. The first-order valence-electron chi connectivity index (χ1n) is 6.53. The summed E-state index contributed by atoms with van der Waals surface area (Å²) >= 11 is 5.82. The van der Waals surface area contributed by atoms with E-state index in [4.69, 9.17) is 16.9 Å². The zero-order chi connectivity index (χ0) is 17.7. The van der Waals surface area contributed by atoms with Crippen molar-refractivity contribution in [3.05, 3.63) is 74.6 Å². The van der Waals surface area contributed by atoms with Crippen molar-refractivity contribution in [2.45, 2.75) is 0 Å². The molecular formula is C16H9ClFN3O3. The van der Waals surface area contributed by atoms with Crippen LogP contribution in [0, 0.1) is 27.3 Å². The van der Waals surface area contributed by atoms with Gasteiger partial charge in [0.2, 0.25) is 0 Å². The van der Waals surface area contributed by atoms with E-state index in [2.05, 4.69) is 5.32 Å². The molecule has 6 nitrogen and oxygen atoms in total. The van der Waals surface area contributed by atoms with Crippen LogP contribution in [0.4, 0.5) is 15.8 Å². The fourth-order valence-electron chi connectivity index (χ4n) is 1.82. The number of non-ortho nitro benzene ring substituents is 1. The van der Waals surface area contributed by atoms with E-state index in [9.17, 15) is 19.3 Å². The second kappa shape index (κ2) is 7.35. The topological polar surface area (TPSA) is 96.0 Å². The number of anilines is 1. The highest BCUT2D eigenvalue weighted by atomic mass is 35.5. The van der Waals surface area contributed by atoms with E-state index in [1.165, 1.54) is 6.08 Å². The molecular weight excluding hydrogens is 337 g/mol. The van der Waals surface area contributed by atoms with Crippen LogP contribution in [0.2, 0.25) is 5.02 Å². The fraction of sp³-hybridized carbons (Fsp3) is 0. The molecule has 120 valence electrons. The first-order chi connectivity index (χ1) is 11.4. The molecule has 8 heteroatoms. The van der Waals surface area contributed by atoms with Crippen LogP contribution in [0.25, 0.3) is 6.08 Å². The van der Waals surface area contributed by atoms with Gasteiger partial charge in [-0.1, -0.05) is 23.7 Å². The van der Waals surface area contributed by atoms with E-state index in [0.717, 1.165) is 18.2 Å². The van der Waals surface area contributed by atoms with Crippen molar-refractivity contribution in [1.29, 1.82) is 5.26 Å². The molecule has 0 atom stereocenters. The Morgan fingerprint density at radius 3 is 2.71 bits per heavy atom. The number of hydrogen-bond donors (Lipinski definition) is 1. The summed E-state index contributed by atoms with van der Waals surface area (Å²) in [5, 5.41) is 22.4. The minimum atomic E-state index is -0.892. The molecule has 0 saturated carbocycles. The third-order valence-electron chi connectivity index (χ3n) is 2.93. The Morgan fingerprint density at radius 1 is 1.33 bits per heavy atom. The minimum absolute atomic E-state index is 0.303. The highest BCUT2D eigenvalue weighted by molar-refractivity contribution is 6.30. The van der Waals surface area contributed by atoms with Crippen LogP contribution < -0.4 is 5.32 Å². The van der Waals surface area contributed by atoms with Crippen molar-refractivity contribution < 1.29 is 14.1 Å². The van der Waals surface area contributed by atoms with Gasteiger partial charge >= 0.3 is 0 Å². The number of nitro benzene ring substituents is 1. The number of carbonyl (C=O) groups is 1. The highest BCUT2D eigenvalue weighted by Gasteiger charge is 2.15. The van der Waals surface area contributed by atoms with E-state index >= 15 is 0 Å². The third kappa shape index (κ3) is 4.15. The second-order valence-electron chi connectivity index (χ2n) is 4.60. The van der Waals surface area contributed by atoms with Crippen molar-refractivity contribution in [3.8, 4) is 6.07 Å². The summed E-state index contributed by atoms with van der Waals surface area (Å²) in [5.41, 5.74) is -0.567. The van der Waals surface area contributed by atoms with Gasteiger partial charge < -0.3 is 5.32 Å². The van der Waals surface area contributed by atoms with E-state index < -0.39 is 16.6 Å². The zero-order valence-corrected chi connectivity index (χ0v) is 12.7. The molecule has 0 bridgehead atoms. The lowest BCUT2D eigenvalue weighted by Crippen LogP contribution is -2.14. The Kier molecular flexibility index (Phi) is 5.24. The predicted molar refractivity (Wildman–Crippen MR) is 86.7 cm³/mol. The molecule has 2 rings (SSSR count). The summed E-state index contributed by atoms with van der Waals surface area (Å²) < 4.78 is 13.7. The number of hydrogen-bond acceptors (Lipinski definition) is 4. The van der Waals surface area contributed by atoms with E-state index in [1.807, 2.05) is 0 Å². The lowest BCUT2D eigenvalue weighted by molar-refractivity contribution is -0.384. The normalized spacial score (nSPS) is 10.8. The van der Waals surface area contributed by atoms with Crippen molar-refractivity contribution in [2.24, 2.45) is 0 Å². The Morgan fingerprint density at radius 2 is 2.08 bits per heavy atom. The Labute approximate surface area is 140 Å². The van der Waals surface area contributed by atoms with Crippen molar-refractivity contribution in [3.63, 3.8) is 0 Å². The Balaban J connectivity index is 2.29. The van der Waals surface area contributed by atoms with Crippen molar-refractivity contribution >= 4 is 35.0 Å². The molecule has 0 aliphatic heterocycles. The van der Waals surface area contributed by atoms with Crippen molar-refractivity contribution in [2.75, 3.05) is 5.32 Å². The van der Waals surface area contributed by atoms with Gasteiger partial charge in [0.05, 0.1) is 10.6 Å². The number of carbonyl (C=O) groups excluding carboxylic acids is 1. The van der Waals surface area contributed by atoms with Crippen LogP contribution in [-0.2, 0) is 4.79 Å². The second-order valence-corrected chi connectivity index (χ2v) is 5.04. The summed E-state index contributed by atoms with van der Waals surface area (Å²) in [6, 6.07) is 10.8. The molecule has 2 aromatic carbocycles. The largest absolute Gasteiger partial charge is 0.319 e. The molecule has 2 aromatic rings. The van der Waals surface area contributed by atoms with Gasteiger partial charge in [0.1, 0.15) is 17.5 Å². The smallest absolute Gasteiger partial charge is 0.271 e. The predicted octanol–water partition coefficient (Wildman–Crippen LogP) is 3.93. The van der Waals surface area contributed by atoms with Gasteiger partial charge in [-0.15, -0.1) is 0 Å². The average molecular weight is 346 g/mol. The first kappa shape index (κ1) is 17.1. The minimum Gasteiger partial charge on any atom is -0.319 e. The lowest BCUT2D eigenvalue weighted by atomic mass is 10.1. The number of amides is 1. The monoisotopic (exact) mass is 345 g/mol. The summed E-state index contributed by atoms with van der Waals surface area (Å²) in [5.74, 6) is -1.74. The quantitative estimate of drug-likeness (QED) is 0.393. The Bertz CT molecular complexity index is 890. The van der Waals surface area contributed by atoms with Crippen LogP contribution in [0.5, 0.6) is 0 Å². The van der Waals surface area contributed by atoms with Gasteiger partial charge in [0, 0.05) is 17.2 Å². The van der Waals surface area contributed by atoms with Crippen LogP contribution in [-0.4, -0.2) is 10.8 Å². The molecule has 0 unspecified atom stereocenters. The molecule has 0 spiro atoms. The van der Waals surface area contributed by atoms with Crippen LogP contribution >= 0.6 is 11.6 Å². The van der Waals surface area contributed by atoms with Gasteiger partial charge in [0.25, 0.3) is 11.6 Å². The molecule has 0 aliphatic carbocycles. The van der Waals surface area contributed by atoms with E-state index in [-0.39, 0.29) is 16.9 Å². The maximum absolute atomic E-state index is 13.7. The summed E-state index contributed by atoms with van der Waals surface area (Å²) in [6.07, 6.45) is 1.27. The number of rotatable bonds is 4. The molecule has 24 heavy (non-hydrogen) atoms. The van der Waals surface area contributed by atoms with Gasteiger partial charge in [0.15, 0.2) is 0 Å². The van der Waals surface area contributed by atoms with Gasteiger partial charge in [-0.25, -0.2) is 4.39 Å². The zero-order valence-electron chi connectivity index (χ0n) is 12.0. The van der Waals surface area contributed by atoms with Crippen LogP contribution in [0.15, 0.2) is 48.0 Å². The maximum atomic E-state index is 13.7. The summed E-state index contributed by atoms with van der Waals surface area (Å²) in [7, 11) is 0. The first-order valence-corrected chi connectivity index (χ1v) is 6.91. The lowest BCUT2D eigenvalue weighted by Gasteiger charge is -2.05. The number of nitro groups is 1. The SMILES string of the molecule is N#CC(=Cc1cccc(Cl)c1)C(=O)Nc1cc([N+](=O)[O-])ccc1F. The number of nitrogens with zero attached hydrogens (tertiary/aromatic N) is 2. The van der Waals surface area contributed by atoms with Gasteiger partial charge in [-0.2, -0.15) is 5.26 Å². The van der Waals surface area contributed by atoms with Crippen LogP contribution in [0.1, 0.15) is 5.56 Å². The third-order valence-corrected chi connectivity index (χ3v) is 3.17. The highest BCUT2D eigenvalue weighted by Crippen LogP contribution is 2.22. The molecule has 0 aliphatic rings. The molecule has 1 amide bonds. The maximum Gasteiger partial charge on any atom is 0.271 e. The van der Waals surface area contributed by atoms with E-state index in [0.29, 0.717) is 10.6 Å². The molecule has 0 aromatic heterocycles. The number of benzene rings is 2. The molecule has 0 heterocycles. The average Bonchev–Trinajstić information content (AvgIpc) is 2.54. The summed E-state index contributed by atoms with van der Waals surface area (Å²) in [6.45, 7) is 0. The number of nitrogens with one attached hydrogen (secondary N) is 1. The number of halogens is 2. The van der Waals surface area contributed by atoms with Crippen LogP contribution in [0.3, 0.4) is 0 Å². The molecule has 0 fully saturated rings. The fourth-order valence-corrected chi connectivity index (χ4v) is 2.02. The standard InChI is InChI=1S/C16H9ClFN3O3/c17-12-3-1-2-10(7-12)6-11(9-19)16(22)20-15-8-13(21(23)24)4-5-14(15)18/h1-8H,(H,20,22). The summed E-state index contributed by atoms with van der Waals surface area (Å²) in [4.78, 5) is 22.1.